The Hall–Kier alpha value is -2.40. The van der Waals surface area contributed by atoms with Crippen molar-refractivity contribution >= 4 is 11.4 Å². The van der Waals surface area contributed by atoms with Crippen molar-refractivity contribution in [2.45, 2.75) is 47.7 Å². The van der Waals surface area contributed by atoms with Gasteiger partial charge in [-0.1, -0.05) is 41.3 Å². The highest BCUT2D eigenvalue weighted by Gasteiger charge is 2.33. The Morgan fingerprint density at radius 3 is 1.32 bits per heavy atom. The van der Waals surface area contributed by atoms with E-state index >= 15 is 0 Å². The van der Waals surface area contributed by atoms with Gasteiger partial charge in [-0.3, -0.25) is 0 Å². The van der Waals surface area contributed by atoms with Crippen LogP contribution < -0.4 is 9.80 Å². The first-order chi connectivity index (χ1) is 11.8. The van der Waals surface area contributed by atoms with Gasteiger partial charge in [0.15, 0.2) is 6.17 Å². The monoisotopic (exact) mass is 332 g/mol. The van der Waals surface area contributed by atoms with Crippen molar-refractivity contribution in [2.24, 2.45) is 0 Å². The van der Waals surface area contributed by atoms with Gasteiger partial charge < -0.3 is 9.80 Å². The zero-order valence-corrected chi connectivity index (χ0v) is 16.3. The smallest absolute Gasteiger partial charge is 0.166 e. The fourth-order valence-electron chi connectivity index (χ4n) is 4.53. The van der Waals surface area contributed by atoms with Crippen LogP contribution in [0, 0.1) is 53.9 Å². The first kappa shape index (κ1) is 17.4. The van der Waals surface area contributed by atoms with Gasteiger partial charge in [0.05, 0.1) is 0 Å². The predicted molar refractivity (Wildman–Crippen MR) is 109 cm³/mol. The number of terminal acetylenes is 1. The minimum atomic E-state index is -0.0415. The summed E-state index contributed by atoms with van der Waals surface area (Å²) in [5, 5.41) is 0. The van der Waals surface area contributed by atoms with Gasteiger partial charge in [0.2, 0.25) is 0 Å². The summed E-state index contributed by atoms with van der Waals surface area (Å²) in [6.07, 6.45) is 5.97. The Labute approximate surface area is 152 Å². The summed E-state index contributed by atoms with van der Waals surface area (Å²) >= 11 is 0. The Balaban J connectivity index is 2.05. The number of nitrogens with zero attached hydrogens (tertiary/aromatic N) is 2. The zero-order chi connectivity index (χ0) is 18.3. The maximum absolute atomic E-state index is 6.02. The third-order valence-electron chi connectivity index (χ3n) is 5.17. The summed E-state index contributed by atoms with van der Waals surface area (Å²) in [4.78, 5) is 4.78. The molecule has 25 heavy (non-hydrogen) atoms. The lowest BCUT2D eigenvalue weighted by molar-refractivity contribution is 0.814. The van der Waals surface area contributed by atoms with Crippen LogP contribution in [-0.2, 0) is 0 Å². The lowest BCUT2D eigenvalue weighted by Gasteiger charge is -2.32. The number of anilines is 2. The molecule has 2 aromatic carbocycles. The number of hydrogen-bond donors (Lipinski definition) is 0. The number of hydrogen-bond acceptors (Lipinski definition) is 2. The highest BCUT2D eigenvalue weighted by molar-refractivity contribution is 5.69. The molecule has 0 unspecified atom stereocenters. The molecule has 0 bridgehead atoms. The minimum absolute atomic E-state index is 0.0415. The molecule has 2 nitrogen and oxygen atoms in total. The van der Waals surface area contributed by atoms with Crippen LogP contribution in [0.4, 0.5) is 11.4 Å². The molecule has 3 rings (SSSR count). The number of aryl methyl sites for hydroxylation is 6. The molecule has 0 radical (unpaired) electrons. The Bertz CT molecular complexity index is 745. The molecule has 0 N–H and O–H groups in total. The quantitative estimate of drug-likeness (QED) is 0.727. The SMILES string of the molecule is C#CC1N(c2c(C)cc(C)cc2C)CCN1c1c(C)cc(C)cc1C. The van der Waals surface area contributed by atoms with Crippen LogP contribution in [-0.4, -0.2) is 19.3 Å². The highest BCUT2D eigenvalue weighted by atomic mass is 15.4. The van der Waals surface area contributed by atoms with Crippen LogP contribution >= 0.6 is 0 Å². The third kappa shape index (κ3) is 3.00. The molecule has 2 aromatic rings. The largest absolute Gasteiger partial charge is 0.339 e. The summed E-state index contributed by atoms with van der Waals surface area (Å²) in [5.74, 6) is 3.05. The molecule has 1 heterocycles. The van der Waals surface area contributed by atoms with Gasteiger partial charge in [0.25, 0.3) is 0 Å². The molecular formula is C23H28N2. The maximum atomic E-state index is 6.02. The van der Waals surface area contributed by atoms with Gasteiger partial charge in [0.1, 0.15) is 0 Å². The predicted octanol–water partition coefficient (Wildman–Crippen LogP) is 4.82. The van der Waals surface area contributed by atoms with Crippen LogP contribution in [0.2, 0.25) is 0 Å². The number of rotatable bonds is 2. The minimum Gasteiger partial charge on any atom is -0.339 e. The molecular weight excluding hydrogens is 304 g/mol. The van der Waals surface area contributed by atoms with Gasteiger partial charge in [-0.2, -0.15) is 0 Å². The molecule has 1 fully saturated rings. The molecule has 1 aliphatic heterocycles. The summed E-state index contributed by atoms with van der Waals surface area (Å²) in [7, 11) is 0. The van der Waals surface area contributed by atoms with Crippen molar-refractivity contribution in [3.8, 4) is 12.3 Å². The van der Waals surface area contributed by atoms with Crippen molar-refractivity contribution in [3.63, 3.8) is 0 Å². The fraction of sp³-hybridized carbons (Fsp3) is 0.391. The molecule has 0 spiro atoms. The normalized spacial score (nSPS) is 14.9. The van der Waals surface area contributed by atoms with Crippen molar-refractivity contribution in [1.82, 2.24) is 0 Å². The van der Waals surface area contributed by atoms with Gasteiger partial charge in [-0.25, -0.2) is 0 Å². The lowest BCUT2D eigenvalue weighted by atomic mass is 10.0. The van der Waals surface area contributed by atoms with Gasteiger partial charge >= 0.3 is 0 Å². The number of benzene rings is 2. The van der Waals surface area contributed by atoms with E-state index in [9.17, 15) is 0 Å². The fourth-order valence-corrected chi connectivity index (χ4v) is 4.53. The molecule has 0 atom stereocenters. The van der Waals surface area contributed by atoms with Gasteiger partial charge in [-0.15, -0.1) is 6.42 Å². The summed E-state index contributed by atoms with van der Waals surface area (Å²) in [5.41, 5.74) is 10.4. The van der Waals surface area contributed by atoms with Crippen LogP contribution in [0.15, 0.2) is 24.3 Å². The first-order valence-corrected chi connectivity index (χ1v) is 8.98. The summed E-state index contributed by atoms with van der Waals surface area (Å²) in [6.45, 7) is 15.0. The van der Waals surface area contributed by atoms with Crippen molar-refractivity contribution in [2.75, 3.05) is 22.9 Å². The average Bonchev–Trinajstić information content (AvgIpc) is 2.88. The van der Waals surface area contributed by atoms with Crippen LogP contribution in [0.25, 0.3) is 0 Å². The van der Waals surface area contributed by atoms with E-state index in [-0.39, 0.29) is 6.17 Å². The third-order valence-corrected chi connectivity index (χ3v) is 5.17. The van der Waals surface area contributed by atoms with Crippen molar-refractivity contribution < 1.29 is 0 Å². The molecule has 0 saturated carbocycles. The highest BCUT2D eigenvalue weighted by Crippen LogP contribution is 2.36. The molecule has 2 heteroatoms. The van der Waals surface area contributed by atoms with E-state index in [4.69, 9.17) is 6.42 Å². The van der Waals surface area contributed by atoms with Crippen molar-refractivity contribution in [1.29, 1.82) is 0 Å². The van der Waals surface area contributed by atoms with E-state index in [0.29, 0.717) is 0 Å². The Morgan fingerprint density at radius 2 is 1.04 bits per heavy atom. The van der Waals surface area contributed by atoms with E-state index in [1.165, 1.54) is 44.8 Å². The second kappa shape index (κ2) is 6.48. The summed E-state index contributed by atoms with van der Waals surface area (Å²) < 4.78 is 0. The second-order valence-electron chi connectivity index (χ2n) is 7.42. The van der Waals surface area contributed by atoms with Crippen LogP contribution in [0.1, 0.15) is 33.4 Å². The summed E-state index contributed by atoms with van der Waals surface area (Å²) in [6, 6.07) is 9.00. The van der Waals surface area contributed by atoms with E-state index in [0.717, 1.165) is 13.1 Å². The topological polar surface area (TPSA) is 6.48 Å². The average molecular weight is 332 g/mol. The van der Waals surface area contributed by atoms with Crippen molar-refractivity contribution in [3.05, 3.63) is 57.6 Å². The molecule has 0 aliphatic carbocycles. The molecule has 1 saturated heterocycles. The van der Waals surface area contributed by atoms with E-state index in [2.05, 4.69) is 81.5 Å². The van der Waals surface area contributed by atoms with Gasteiger partial charge in [0, 0.05) is 24.5 Å². The van der Waals surface area contributed by atoms with E-state index in [1.54, 1.807) is 0 Å². The zero-order valence-electron chi connectivity index (χ0n) is 16.3. The Kier molecular flexibility index (Phi) is 4.52. The molecule has 0 amide bonds. The van der Waals surface area contributed by atoms with E-state index in [1.807, 2.05) is 0 Å². The lowest BCUT2D eigenvalue weighted by Crippen LogP contribution is -2.39. The molecule has 130 valence electrons. The van der Waals surface area contributed by atoms with Gasteiger partial charge in [-0.05, 0) is 63.8 Å². The Morgan fingerprint density at radius 1 is 0.720 bits per heavy atom. The first-order valence-electron chi connectivity index (χ1n) is 8.98. The molecule has 0 aromatic heterocycles. The maximum Gasteiger partial charge on any atom is 0.166 e. The van der Waals surface area contributed by atoms with Crippen LogP contribution in [0.5, 0.6) is 0 Å². The molecule has 1 aliphatic rings. The second-order valence-corrected chi connectivity index (χ2v) is 7.42. The van der Waals surface area contributed by atoms with Crippen LogP contribution in [0.3, 0.4) is 0 Å². The standard InChI is InChI=1S/C23H28N2/c1-8-21-24(22-17(4)11-15(2)12-18(22)5)9-10-25(21)23-19(6)13-16(3)14-20(23)7/h1,11-14,21H,9-10H2,2-7H3. The van der Waals surface area contributed by atoms with E-state index < -0.39 is 0 Å².